The molecule has 1 aromatic rings. The Hall–Kier alpha value is -1.40. The number of halogens is 2. The standard InChI is InChI=1S/C12H15F2NO3/c1-12(2)17-6-7(18-12)5-16-11-9(15)4-3-8(13)10(11)14/h3-4,7H,5-6,15H2,1-2H3/t7-/m1/s1. The van der Waals surface area contributed by atoms with Gasteiger partial charge in [0.15, 0.2) is 17.4 Å². The summed E-state index contributed by atoms with van der Waals surface area (Å²) in [4.78, 5) is 0. The molecule has 18 heavy (non-hydrogen) atoms. The van der Waals surface area contributed by atoms with Crippen LogP contribution < -0.4 is 10.5 Å². The lowest BCUT2D eigenvalue weighted by Gasteiger charge is -2.17. The highest BCUT2D eigenvalue weighted by atomic mass is 19.2. The van der Waals surface area contributed by atoms with E-state index in [1.807, 2.05) is 0 Å². The molecule has 2 rings (SSSR count). The molecule has 0 amide bonds. The van der Waals surface area contributed by atoms with Crippen LogP contribution in [0, 0.1) is 11.6 Å². The van der Waals surface area contributed by atoms with Crippen molar-refractivity contribution in [3.05, 3.63) is 23.8 Å². The largest absolute Gasteiger partial charge is 0.485 e. The number of anilines is 1. The first-order chi connectivity index (χ1) is 8.39. The quantitative estimate of drug-likeness (QED) is 0.844. The SMILES string of the molecule is CC1(C)OC[C@@H](COc2c(N)ccc(F)c2F)O1. The van der Waals surface area contributed by atoms with E-state index < -0.39 is 17.4 Å². The molecule has 4 nitrogen and oxygen atoms in total. The lowest BCUT2D eigenvalue weighted by Crippen LogP contribution is -2.25. The summed E-state index contributed by atoms with van der Waals surface area (Å²) in [5.41, 5.74) is 5.57. The van der Waals surface area contributed by atoms with Gasteiger partial charge in [0.05, 0.1) is 12.3 Å². The molecule has 0 aliphatic carbocycles. The van der Waals surface area contributed by atoms with E-state index in [0.717, 1.165) is 6.07 Å². The fourth-order valence-electron chi connectivity index (χ4n) is 1.72. The Balaban J connectivity index is 2.01. The van der Waals surface area contributed by atoms with Gasteiger partial charge in [-0.1, -0.05) is 0 Å². The number of hydrogen-bond acceptors (Lipinski definition) is 4. The molecule has 0 unspecified atom stereocenters. The summed E-state index contributed by atoms with van der Waals surface area (Å²) in [6.07, 6.45) is -0.331. The summed E-state index contributed by atoms with van der Waals surface area (Å²) < 4.78 is 42.4. The number of nitrogen functional groups attached to an aromatic ring is 1. The first-order valence-electron chi connectivity index (χ1n) is 5.57. The van der Waals surface area contributed by atoms with Gasteiger partial charge in [-0.3, -0.25) is 0 Å². The summed E-state index contributed by atoms with van der Waals surface area (Å²) in [7, 11) is 0. The molecule has 100 valence electrons. The molecule has 1 atom stereocenters. The van der Waals surface area contributed by atoms with Crippen LogP contribution in [0.3, 0.4) is 0 Å². The van der Waals surface area contributed by atoms with Crippen LogP contribution >= 0.6 is 0 Å². The molecule has 0 saturated carbocycles. The van der Waals surface area contributed by atoms with Crippen molar-refractivity contribution >= 4 is 5.69 Å². The van der Waals surface area contributed by atoms with E-state index in [0.29, 0.717) is 6.61 Å². The van der Waals surface area contributed by atoms with E-state index in [1.165, 1.54) is 6.07 Å². The predicted molar refractivity (Wildman–Crippen MR) is 61.2 cm³/mol. The van der Waals surface area contributed by atoms with Crippen molar-refractivity contribution in [2.45, 2.75) is 25.7 Å². The van der Waals surface area contributed by atoms with Crippen molar-refractivity contribution in [3.63, 3.8) is 0 Å². The van der Waals surface area contributed by atoms with Crippen LogP contribution in [0.5, 0.6) is 5.75 Å². The van der Waals surface area contributed by atoms with Crippen LogP contribution in [0.4, 0.5) is 14.5 Å². The first kappa shape index (κ1) is 13.0. The predicted octanol–water partition coefficient (Wildman–Crippen LogP) is 2.08. The maximum absolute atomic E-state index is 13.4. The van der Waals surface area contributed by atoms with Crippen LogP contribution in [0.25, 0.3) is 0 Å². The molecule has 6 heteroatoms. The van der Waals surface area contributed by atoms with Crippen molar-refractivity contribution in [2.75, 3.05) is 18.9 Å². The zero-order valence-corrected chi connectivity index (χ0v) is 10.2. The van der Waals surface area contributed by atoms with Gasteiger partial charge in [0.2, 0.25) is 5.82 Å². The minimum Gasteiger partial charge on any atom is -0.485 e. The van der Waals surface area contributed by atoms with Crippen LogP contribution in [-0.2, 0) is 9.47 Å². The molecule has 1 aliphatic rings. The second kappa shape index (κ2) is 4.70. The summed E-state index contributed by atoms with van der Waals surface area (Å²) in [6, 6.07) is 2.21. The molecule has 1 heterocycles. The van der Waals surface area contributed by atoms with Crippen molar-refractivity contribution in [3.8, 4) is 5.75 Å². The van der Waals surface area contributed by atoms with E-state index in [4.69, 9.17) is 19.9 Å². The number of nitrogens with two attached hydrogens (primary N) is 1. The lowest BCUT2D eigenvalue weighted by atomic mass is 10.2. The van der Waals surface area contributed by atoms with Crippen molar-refractivity contribution in [2.24, 2.45) is 0 Å². The van der Waals surface area contributed by atoms with E-state index in [1.54, 1.807) is 13.8 Å². The molecule has 1 saturated heterocycles. The third-order valence-electron chi connectivity index (χ3n) is 2.56. The molecule has 0 spiro atoms. The van der Waals surface area contributed by atoms with Crippen LogP contribution in [-0.4, -0.2) is 25.1 Å². The zero-order chi connectivity index (χ0) is 13.3. The van der Waals surface area contributed by atoms with Gasteiger partial charge in [-0.15, -0.1) is 0 Å². The molecule has 0 bridgehead atoms. The van der Waals surface area contributed by atoms with Gasteiger partial charge in [-0.2, -0.15) is 4.39 Å². The molecule has 1 aromatic carbocycles. The Bertz CT molecular complexity index is 451. The van der Waals surface area contributed by atoms with Crippen LogP contribution in [0.15, 0.2) is 12.1 Å². The maximum Gasteiger partial charge on any atom is 0.202 e. The Morgan fingerprint density at radius 2 is 2.17 bits per heavy atom. The molecule has 0 radical (unpaired) electrons. The van der Waals surface area contributed by atoms with Crippen molar-refractivity contribution in [1.29, 1.82) is 0 Å². The van der Waals surface area contributed by atoms with Gasteiger partial charge in [0.25, 0.3) is 0 Å². The molecule has 2 N–H and O–H groups in total. The fraction of sp³-hybridized carbons (Fsp3) is 0.500. The second-order valence-electron chi connectivity index (χ2n) is 4.54. The summed E-state index contributed by atoms with van der Waals surface area (Å²) in [5.74, 6) is -3.06. The Morgan fingerprint density at radius 3 is 2.78 bits per heavy atom. The number of rotatable bonds is 3. The highest BCUT2D eigenvalue weighted by Crippen LogP contribution is 2.29. The third kappa shape index (κ3) is 2.70. The third-order valence-corrected chi connectivity index (χ3v) is 2.56. The van der Waals surface area contributed by atoms with Crippen molar-refractivity contribution < 1.29 is 23.0 Å². The highest BCUT2D eigenvalue weighted by molar-refractivity contribution is 5.53. The first-order valence-corrected chi connectivity index (χ1v) is 5.57. The van der Waals surface area contributed by atoms with Gasteiger partial charge in [0.1, 0.15) is 12.7 Å². The smallest absolute Gasteiger partial charge is 0.202 e. The average molecular weight is 259 g/mol. The van der Waals surface area contributed by atoms with Gasteiger partial charge >= 0.3 is 0 Å². The van der Waals surface area contributed by atoms with E-state index in [-0.39, 0.29) is 24.1 Å². The minimum absolute atomic E-state index is 0.0482. The normalized spacial score (nSPS) is 22.1. The monoisotopic (exact) mass is 259 g/mol. The van der Waals surface area contributed by atoms with Gasteiger partial charge in [-0.25, -0.2) is 4.39 Å². The lowest BCUT2D eigenvalue weighted by molar-refractivity contribution is -0.141. The van der Waals surface area contributed by atoms with Crippen molar-refractivity contribution in [1.82, 2.24) is 0 Å². The molecular formula is C12H15F2NO3. The number of ether oxygens (including phenoxy) is 3. The topological polar surface area (TPSA) is 53.7 Å². The summed E-state index contributed by atoms with van der Waals surface area (Å²) >= 11 is 0. The molecular weight excluding hydrogens is 244 g/mol. The average Bonchev–Trinajstić information content (AvgIpc) is 2.64. The Kier molecular flexibility index (Phi) is 3.41. The highest BCUT2D eigenvalue weighted by Gasteiger charge is 2.33. The minimum atomic E-state index is -1.09. The molecule has 1 aliphatic heterocycles. The summed E-state index contributed by atoms with van der Waals surface area (Å²) in [5, 5.41) is 0. The second-order valence-corrected chi connectivity index (χ2v) is 4.54. The number of benzene rings is 1. The van der Waals surface area contributed by atoms with Gasteiger partial charge in [0, 0.05) is 0 Å². The molecule has 1 fully saturated rings. The summed E-state index contributed by atoms with van der Waals surface area (Å²) in [6.45, 7) is 3.92. The van der Waals surface area contributed by atoms with E-state index in [9.17, 15) is 8.78 Å². The maximum atomic E-state index is 13.4. The van der Waals surface area contributed by atoms with Gasteiger partial charge < -0.3 is 19.9 Å². The Labute approximate surface area is 104 Å². The number of hydrogen-bond donors (Lipinski definition) is 1. The fourth-order valence-corrected chi connectivity index (χ4v) is 1.72. The Morgan fingerprint density at radius 1 is 1.44 bits per heavy atom. The van der Waals surface area contributed by atoms with Crippen LogP contribution in [0.2, 0.25) is 0 Å². The molecule has 0 aromatic heterocycles. The van der Waals surface area contributed by atoms with E-state index >= 15 is 0 Å². The zero-order valence-electron chi connectivity index (χ0n) is 10.2. The van der Waals surface area contributed by atoms with Gasteiger partial charge in [-0.05, 0) is 26.0 Å². The van der Waals surface area contributed by atoms with E-state index in [2.05, 4.69) is 0 Å². The van der Waals surface area contributed by atoms with Crippen LogP contribution in [0.1, 0.15) is 13.8 Å².